The van der Waals surface area contributed by atoms with Crippen molar-refractivity contribution in [3.05, 3.63) is 12.3 Å². The van der Waals surface area contributed by atoms with E-state index in [2.05, 4.69) is 12.0 Å². The molecule has 112 valence electrons. The van der Waals surface area contributed by atoms with Gasteiger partial charge in [0.05, 0.1) is 0 Å². The average Bonchev–Trinajstić information content (AvgIpc) is 2.76. The molecule has 0 saturated carbocycles. The third kappa shape index (κ3) is 4.25. The van der Waals surface area contributed by atoms with Crippen LogP contribution in [0, 0.1) is 5.92 Å². The second-order valence-electron chi connectivity index (χ2n) is 5.72. The molecular formula is C15H26N4O. The van der Waals surface area contributed by atoms with Crippen LogP contribution in [-0.4, -0.2) is 33.7 Å². The predicted molar refractivity (Wildman–Crippen MR) is 80.1 cm³/mol. The highest BCUT2D eigenvalue weighted by molar-refractivity contribution is 5.76. The van der Waals surface area contributed by atoms with Crippen molar-refractivity contribution in [1.29, 1.82) is 0 Å². The summed E-state index contributed by atoms with van der Waals surface area (Å²) in [6.07, 6.45) is 8.25. The van der Waals surface area contributed by atoms with Crippen molar-refractivity contribution in [2.24, 2.45) is 5.92 Å². The zero-order chi connectivity index (χ0) is 14.4. The van der Waals surface area contributed by atoms with E-state index in [1.54, 1.807) is 6.07 Å². The Bertz CT molecular complexity index is 429. The number of hydrogen-bond donors (Lipinski definition) is 1. The van der Waals surface area contributed by atoms with E-state index in [1.807, 2.05) is 15.8 Å². The topological polar surface area (TPSA) is 64.2 Å². The van der Waals surface area contributed by atoms with E-state index in [-0.39, 0.29) is 0 Å². The summed E-state index contributed by atoms with van der Waals surface area (Å²) in [6, 6.07) is 1.80. The van der Waals surface area contributed by atoms with E-state index in [0.29, 0.717) is 11.7 Å². The number of nitrogen functional groups attached to an aromatic ring is 1. The first-order valence-corrected chi connectivity index (χ1v) is 7.75. The smallest absolute Gasteiger partial charge is 0.222 e. The number of aryl methyl sites for hydroxylation is 1. The number of hydrogen-bond acceptors (Lipinski definition) is 3. The fourth-order valence-corrected chi connectivity index (χ4v) is 2.95. The first kappa shape index (κ1) is 14.9. The SMILES string of the molecule is CCCC1CCC(=O)N(CCCn2ccc(N)n2)CC1. The number of nitrogens with two attached hydrogens (primary N) is 1. The van der Waals surface area contributed by atoms with Gasteiger partial charge in [-0.2, -0.15) is 5.10 Å². The highest BCUT2D eigenvalue weighted by Gasteiger charge is 2.21. The Morgan fingerprint density at radius 1 is 1.40 bits per heavy atom. The van der Waals surface area contributed by atoms with Crippen LogP contribution in [0.5, 0.6) is 0 Å². The molecule has 5 nitrogen and oxygen atoms in total. The summed E-state index contributed by atoms with van der Waals surface area (Å²) in [6.45, 7) is 4.79. The number of rotatable bonds is 6. The molecule has 2 rings (SSSR count). The van der Waals surface area contributed by atoms with Crippen LogP contribution in [-0.2, 0) is 11.3 Å². The maximum absolute atomic E-state index is 12.1. The quantitative estimate of drug-likeness (QED) is 0.868. The Kier molecular flexibility index (Phi) is 5.44. The summed E-state index contributed by atoms with van der Waals surface area (Å²) in [5, 5.41) is 4.16. The van der Waals surface area contributed by atoms with Crippen LogP contribution in [0.3, 0.4) is 0 Å². The Labute approximate surface area is 121 Å². The minimum absolute atomic E-state index is 0.323. The molecule has 1 fully saturated rings. The van der Waals surface area contributed by atoms with Crippen LogP contribution >= 0.6 is 0 Å². The predicted octanol–water partition coefficient (Wildman–Crippen LogP) is 2.28. The van der Waals surface area contributed by atoms with Gasteiger partial charge in [0.1, 0.15) is 5.82 Å². The molecule has 0 bridgehead atoms. The van der Waals surface area contributed by atoms with Crippen LogP contribution in [0.4, 0.5) is 5.82 Å². The number of anilines is 1. The summed E-state index contributed by atoms with van der Waals surface area (Å²) in [5.74, 6) is 1.61. The number of carbonyl (C=O) groups excluding carboxylic acids is 1. The Morgan fingerprint density at radius 3 is 2.95 bits per heavy atom. The third-order valence-electron chi connectivity index (χ3n) is 4.10. The van der Waals surface area contributed by atoms with Crippen molar-refractivity contribution in [3.63, 3.8) is 0 Å². The van der Waals surface area contributed by atoms with Gasteiger partial charge in [-0.3, -0.25) is 9.48 Å². The van der Waals surface area contributed by atoms with E-state index < -0.39 is 0 Å². The molecule has 20 heavy (non-hydrogen) atoms. The molecule has 1 amide bonds. The van der Waals surface area contributed by atoms with Crippen LogP contribution in [0.2, 0.25) is 0 Å². The molecule has 1 aliphatic rings. The molecule has 0 aromatic carbocycles. The molecule has 0 aliphatic carbocycles. The van der Waals surface area contributed by atoms with Gasteiger partial charge < -0.3 is 10.6 Å². The van der Waals surface area contributed by atoms with Crippen molar-refractivity contribution in [2.75, 3.05) is 18.8 Å². The number of nitrogens with zero attached hydrogens (tertiary/aromatic N) is 3. The van der Waals surface area contributed by atoms with Crippen molar-refractivity contribution in [3.8, 4) is 0 Å². The molecule has 2 heterocycles. The van der Waals surface area contributed by atoms with Crippen molar-refractivity contribution >= 4 is 11.7 Å². The lowest BCUT2D eigenvalue weighted by atomic mass is 9.96. The van der Waals surface area contributed by atoms with Crippen molar-refractivity contribution < 1.29 is 4.79 Å². The van der Waals surface area contributed by atoms with Gasteiger partial charge in [-0.15, -0.1) is 0 Å². The highest BCUT2D eigenvalue weighted by atomic mass is 16.2. The summed E-state index contributed by atoms with van der Waals surface area (Å²) < 4.78 is 1.84. The maximum Gasteiger partial charge on any atom is 0.222 e. The van der Waals surface area contributed by atoms with Gasteiger partial charge in [-0.25, -0.2) is 0 Å². The van der Waals surface area contributed by atoms with Crippen LogP contribution < -0.4 is 5.73 Å². The van der Waals surface area contributed by atoms with Gasteiger partial charge in [0.25, 0.3) is 0 Å². The molecule has 1 aliphatic heterocycles. The molecule has 0 spiro atoms. The van der Waals surface area contributed by atoms with Gasteiger partial charge in [0.15, 0.2) is 0 Å². The van der Waals surface area contributed by atoms with Crippen LogP contribution in [0.25, 0.3) is 0 Å². The second kappa shape index (κ2) is 7.31. The van der Waals surface area contributed by atoms with E-state index >= 15 is 0 Å². The summed E-state index contributed by atoms with van der Waals surface area (Å²) >= 11 is 0. The lowest BCUT2D eigenvalue weighted by molar-refractivity contribution is -0.130. The summed E-state index contributed by atoms with van der Waals surface area (Å²) in [7, 11) is 0. The number of likely N-dealkylation sites (tertiary alicyclic amines) is 1. The highest BCUT2D eigenvalue weighted by Crippen LogP contribution is 2.22. The Hall–Kier alpha value is -1.52. The monoisotopic (exact) mass is 278 g/mol. The minimum atomic E-state index is 0.323. The van der Waals surface area contributed by atoms with E-state index in [0.717, 1.165) is 51.2 Å². The van der Waals surface area contributed by atoms with Gasteiger partial charge in [-0.05, 0) is 31.2 Å². The van der Waals surface area contributed by atoms with E-state index in [1.165, 1.54) is 12.8 Å². The zero-order valence-corrected chi connectivity index (χ0v) is 12.4. The molecule has 1 saturated heterocycles. The lowest BCUT2D eigenvalue weighted by Crippen LogP contribution is -2.31. The molecule has 1 aromatic heterocycles. The zero-order valence-electron chi connectivity index (χ0n) is 12.4. The molecule has 1 unspecified atom stereocenters. The first-order chi connectivity index (χ1) is 9.69. The number of carbonyl (C=O) groups is 1. The normalized spacial score (nSPS) is 20.1. The number of aromatic nitrogens is 2. The molecule has 2 N–H and O–H groups in total. The Balaban J connectivity index is 1.75. The third-order valence-corrected chi connectivity index (χ3v) is 4.10. The molecule has 0 radical (unpaired) electrons. The standard InChI is InChI=1S/C15H26N4O/c1-2-4-13-5-6-15(20)18(11-7-13)9-3-10-19-12-8-14(16)17-19/h8,12-13H,2-7,9-11H2,1H3,(H2,16,17). The molecule has 5 heteroatoms. The second-order valence-corrected chi connectivity index (χ2v) is 5.72. The van der Waals surface area contributed by atoms with Crippen LogP contribution in [0.1, 0.15) is 45.4 Å². The fourth-order valence-electron chi connectivity index (χ4n) is 2.95. The van der Waals surface area contributed by atoms with Gasteiger partial charge in [-0.1, -0.05) is 19.8 Å². The van der Waals surface area contributed by atoms with Crippen molar-refractivity contribution in [1.82, 2.24) is 14.7 Å². The molecule has 1 atom stereocenters. The minimum Gasteiger partial charge on any atom is -0.382 e. The number of amides is 1. The molecular weight excluding hydrogens is 252 g/mol. The maximum atomic E-state index is 12.1. The van der Waals surface area contributed by atoms with Crippen LogP contribution in [0.15, 0.2) is 12.3 Å². The van der Waals surface area contributed by atoms with Crippen molar-refractivity contribution in [2.45, 2.75) is 52.0 Å². The summed E-state index contributed by atoms with van der Waals surface area (Å²) in [5.41, 5.74) is 5.58. The van der Waals surface area contributed by atoms with E-state index in [4.69, 9.17) is 5.73 Å². The lowest BCUT2D eigenvalue weighted by Gasteiger charge is -2.20. The largest absolute Gasteiger partial charge is 0.382 e. The average molecular weight is 278 g/mol. The molecule has 1 aromatic rings. The van der Waals surface area contributed by atoms with Gasteiger partial charge in [0, 0.05) is 32.3 Å². The fraction of sp³-hybridized carbons (Fsp3) is 0.733. The first-order valence-electron chi connectivity index (χ1n) is 7.75. The van der Waals surface area contributed by atoms with E-state index in [9.17, 15) is 4.79 Å². The van der Waals surface area contributed by atoms with Gasteiger partial charge >= 0.3 is 0 Å². The van der Waals surface area contributed by atoms with Gasteiger partial charge in [0.2, 0.25) is 5.91 Å². The Morgan fingerprint density at radius 2 is 2.25 bits per heavy atom. The summed E-state index contributed by atoms with van der Waals surface area (Å²) in [4.78, 5) is 14.1.